The van der Waals surface area contributed by atoms with Crippen LogP contribution in [-0.4, -0.2) is 18.2 Å². The fourth-order valence-corrected chi connectivity index (χ4v) is 1.78. The summed E-state index contributed by atoms with van der Waals surface area (Å²) in [5.41, 5.74) is 2.08. The normalized spacial score (nSPS) is 10.5. The van der Waals surface area contributed by atoms with Gasteiger partial charge in [0.15, 0.2) is 0 Å². The lowest BCUT2D eigenvalue weighted by molar-refractivity contribution is -0.383. The van der Waals surface area contributed by atoms with E-state index in [4.69, 9.17) is 4.84 Å². The standard InChI is InChI=1S/C15H15N3O3/c1-16-14-8-7-13(9-15(14)18(19)20)10-17-21-11-12-5-3-2-4-6-12/h2-10,16H,11H2,1H3. The molecule has 21 heavy (non-hydrogen) atoms. The van der Waals surface area contributed by atoms with Crippen molar-refractivity contribution in [1.29, 1.82) is 0 Å². The smallest absolute Gasteiger partial charge is 0.292 e. The van der Waals surface area contributed by atoms with Gasteiger partial charge >= 0.3 is 0 Å². The summed E-state index contributed by atoms with van der Waals surface area (Å²) in [6.45, 7) is 0.355. The van der Waals surface area contributed by atoms with Gasteiger partial charge in [-0.1, -0.05) is 41.6 Å². The number of hydrogen-bond donors (Lipinski definition) is 1. The van der Waals surface area contributed by atoms with E-state index in [0.717, 1.165) is 5.56 Å². The van der Waals surface area contributed by atoms with Crippen LogP contribution in [0.1, 0.15) is 11.1 Å². The Morgan fingerprint density at radius 3 is 2.71 bits per heavy atom. The molecule has 0 unspecified atom stereocenters. The Morgan fingerprint density at radius 1 is 1.29 bits per heavy atom. The van der Waals surface area contributed by atoms with Crippen molar-refractivity contribution in [2.24, 2.45) is 5.16 Å². The van der Waals surface area contributed by atoms with E-state index in [1.165, 1.54) is 12.3 Å². The Balaban J connectivity index is 2.01. The lowest BCUT2D eigenvalue weighted by Gasteiger charge is -2.02. The van der Waals surface area contributed by atoms with Crippen molar-refractivity contribution < 1.29 is 9.76 Å². The number of nitro groups is 1. The molecule has 0 spiro atoms. The quantitative estimate of drug-likeness (QED) is 0.502. The van der Waals surface area contributed by atoms with Gasteiger partial charge in [0, 0.05) is 18.7 Å². The highest BCUT2D eigenvalue weighted by Crippen LogP contribution is 2.24. The molecule has 2 aromatic rings. The van der Waals surface area contributed by atoms with Gasteiger partial charge in [0.1, 0.15) is 12.3 Å². The van der Waals surface area contributed by atoms with Crippen molar-refractivity contribution in [2.75, 3.05) is 12.4 Å². The van der Waals surface area contributed by atoms with Crippen LogP contribution in [0.5, 0.6) is 0 Å². The highest BCUT2D eigenvalue weighted by molar-refractivity contribution is 5.82. The Hall–Kier alpha value is -2.89. The Kier molecular flexibility index (Phi) is 4.87. The monoisotopic (exact) mass is 285 g/mol. The zero-order valence-electron chi connectivity index (χ0n) is 11.5. The van der Waals surface area contributed by atoms with Crippen molar-refractivity contribution in [3.8, 4) is 0 Å². The van der Waals surface area contributed by atoms with Crippen molar-refractivity contribution in [3.63, 3.8) is 0 Å². The minimum Gasteiger partial charge on any atom is -0.391 e. The predicted octanol–water partition coefficient (Wildman–Crippen LogP) is 3.19. The predicted molar refractivity (Wildman–Crippen MR) is 81.5 cm³/mol. The number of hydrogen-bond acceptors (Lipinski definition) is 5. The van der Waals surface area contributed by atoms with Crippen LogP contribution in [0, 0.1) is 10.1 Å². The molecular weight excluding hydrogens is 270 g/mol. The molecule has 0 fully saturated rings. The van der Waals surface area contributed by atoms with E-state index in [1.807, 2.05) is 30.3 Å². The summed E-state index contributed by atoms with van der Waals surface area (Å²) in [5.74, 6) is 0. The highest BCUT2D eigenvalue weighted by atomic mass is 16.6. The summed E-state index contributed by atoms with van der Waals surface area (Å²) in [5, 5.41) is 17.5. The molecule has 0 heterocycles. The molecule has 6 nitrogen and oxygen atoms in total. The molecule has 0 aliphatic carbocycles. The van der Waals surface area contributed by atoms with Crippen molar-refractivity contribution in [1.82, 2.24) is 0 Å². The summed E-state index contributed by atoms with van der Waals surface area (Å²) in [7, 11) is 1.64. The molecule has 0 bridgehead atoms. The van der Waals surface area contributed by atoms with Crippen molar-refractivity contribution >= 4 is 17.6 Å². The summed E-state index contributed by atoms with van der Waals surface area (Å²) >= 11 is 0. The molecule has 2 rings (SSSR count). The fraction of sp³-hybridized carbons (Fsp3) is 0.133. The zero-order valence-corrected chi connectivity index (χ0v) is 11.5. The van der Waals surface area contributed by atoms with E-state index in [-0.39, 0.29) is 5.69 Å². The van der Waals surface area contributed by atoms with E-state index < -0.39 is 4.92 Å². The molecule has 0 aliphatic heterocycles. The Labute approximate surface area is 122 Å². The van der Waals surface area contributed by atoms with Gasteiger partial charge in [-0.25, -0.2) is 0 Å². The van der Waals surface area contributed by atoms with Crippen molar-refractivity contribution in [2.45, 2.75) is 6.61 Å². The summed E-state index contributed by atoms with van der Waals surface area (Å²) in [6, 6.07) is 14.4. The number of rotatable bonds is 6. The first-order valence-electron chi connectivity index (χ1n) is 6.36. The van der Waals surface area contributed by atoms with E-state index in [9.17, 15) is 10.1 Å². The van der Waals surface area contributed by atoms with Crippen LogP contribution >= 0.6 is 0 Å². The number of oxime groups is 1. The third-order valence-electron chi connectivity index (χ3n) is 2.84. The van der Waals surface area contributed by atoms with Gasteiger partial charge in [0.2, 0.25) is 0 Å². The van der Waals surface area contributed by atoms with Crippen LogP contribution in [-0.2, 0) is 11.4 Å². The number of nitrogens with zero attached hydrogens (tertiary/aromatic N) is 2. The molecule has 0 radical (unpaired) electrons. The molecule has 1 N–H and O–H groups in total. The third kappa shape index (κ3) is 4.04. The Morgan fingerprint density at radius 2 is 2.05 bits per heavy atom. The second kappa shape index (κ2) is 7.04. The molecule has 0 aliphatic rings. The van der Waals surface area contributed by atoms with Gasteiger partial charge in [-0.2, -0.15) is 0 Å². The van der Waals surface area contributed by atoms with Gasteiger partial charge in [0.25, 0.3) is 5.69 Å². The van der Waals surface area contributed by atoms with Gasteiger partial charge in [-0.05, 0) is 11.6 Å². The molecular formula is C15H15N3O3. The van der Waals surface area contributed by atoms with Gasteiger partial charge in [0.05, 0.1) is 11.1 Å². The maximum atomic E-state index is 10.9. The van der Waals surface area contributed by atoms with Crippen LogP contribution < -0.4 is 5.32 Å². The second-order valence-electron chi connectivity index (χ2n) is 4.28. The van der Waals surface area contributed by atoms with Crippen LogP contribution in [0.4, 0.5) is 11.4 Å². The molecule has 108 valence electrons. The second-order valence-corrected chi connectivity index (χ2v) is 4.28. The molecule has 0 amide bonds. The summed E-state index contributed by atoms with van der Waals surface area (Å²) in [4.78, 5) is 15.7. The average molecular weight is 285 g/mol. The third-order valence-corrected chi connectivity index (χ3v) is 2.84. The SMILES string of the molecule is CNc1ccc(C=NOCc2ccccc2)cc1[N+](=O)[O-]. The van der Waals surface area contributed by atoms with Gasteiger partial charge in [-0.3, -0.25) is 10.1 Å². The minimum atomic E-state index is -0.437. The number of nitro benzene ring substituents is 1. The van der Waals surface area contributed by atoms with E-state index in [2.05, 4.69) is 10.5 Å². The zero-order chi connectivity index (χ0) is 15.1. The maximum Gasteiger partial charge on any atom is 0.292 e. The molecule has 0 saturated heterocycles. The first kappa shape index (κ1) is 14.5. The largest absolute Gasteiger partial charge is 0.391 e. The molecule has 0 atom stereocenters. The molecule has 0 aromatic heterocycles. The van der Waals surface area contributed by atoms with E-state index >= 15 is 0 Å². The maximum absolute atomic E-state index is 10.9. The number of nitrogens with one attached hydrogen (secondary N) is 1. The summed E-state index contributed by atoms with van der Waals surface area (Å²) in [6.07, 6.45) is 1.45. The molecule has 2 aromatic carbocycles. The Bertz CT molecular complexity index is 642. The van der Waals surface area contributed by atoms with Gasteiger partial charge < -0.3 is 10.2 Å². The van der Waals surface area contributed by atoms with Crippen LogP contribution in [0.2, 0.25) is 0 Å². The fourth-order valence-electron chi connectivity index (χ4n) is 1.78. The highest BCUT2D eigenvalue weighted by Gasteiger charge is 2.12. The summed E-state index contributed by atoms with van der Waals surface area (Å²) < 4.78 is 0. The lowest BCUT2D eigenvalue weighted by atomic mass is 10.2. The number of anilines is 1. The van der Waals surface area contributed by atoms with E-state index in [1.54, 1.807) is 19.2 Å². The van der Waals surface area contributed by atoms with Crippen LogP contribution in [0.3, 0.4) is 0 Å². The minimum absolute atomic E-state index is 0.00418. The topological polar surface area (TPSA) is 76.8 Å². The molecule has 0 saturated carbocycles. The first-order chi connectivity index (χ1) is 10.2. The van der Waals surface area contributed by atoms with Crippen molar-refractivity contribution in [3.05, 3.63) is 69.8 Å². The van der Waals surface area contributed by atoms with Gasteiger partial charge in [-0.15, -0.1) is 0 Å². The van der Waals surface area contributed by atoms with Crippen LogP contribution in [0.15, 0.2) is 53.7 Å². The van der Waals surface area contributed by atoms with E-state index in [0.29, 0.717) is 17.9 Å². The first-order valence-corrected chi connectivity index (χ1v) is 6.36. The van der Waals surface area contributed by atoms with Crippen LogP contribution in [0.25, 0.3) is 0 Å². The molecule has 6 heteroatoms. The number of benzene rings is 2. The average Bonchev–Trinajstić information content (AvgIpc) is 2.52. The lowest BCUT2D eigenvalue weighted by Crippen LogP contribution is -1.97.